The van der Waals surface area contributed by atoms with Crippen LogP contribution in [0.15, 0.2) is 24.3 Å². The first kappa shape index (κ1) is 17.7. The van der Waals surface area contributed by atoms with Gasteiger partial charge in [0, 0.05) is 49.1 Å². The van der Waals surface area contributed by atoms with Gasteiger partial charge in [-0.1, -0.05) is 18.6 Å². The van der Waals surface area contributed by atoms with E-state index in [4.69, 9.17) is 15.2 Å². The van der Waals surface area contributed by atoms with Gasteiger partial charge in [0.1, 0.15) is 5.60 Å². The molecule has 4 fully saturated rings. The number of nitrogens with zero attached hydrogens (tertiary/aromatic N) is 1. The minimum Gasteiger partial charge on any atom is -0.380 e. The Hall–Kier alpha value is -1.43. The number of hydrogen-bond donors (Lipinski definition) is 1. The van der Waals surface area contributed by atoms with Crippen molar-refractivity contribution in [1.29, 1.82) is 0 Å². The van der Waals surface area contributed by atoms with E-state index >= 15 is 0 Å². The second-order valence-electron chi connectivity index (χ2n) is 9.28. The summed E-state index contributed by atoms with van der Waals surface area (Å²) in [6, 6.07) is 8.56. The fourth-order valence-electron chi connectivity index (χ4n) is 6.43. The highest BCUT2D eigenvalue weighted by atomic mass is 16.5. The first-order valence-corrected chi connectivity index (χ1v) is 10.3. The van der Waals surface area contributed by atoms with E-state index in [1.165, 1.54) is 32.1 Å². The Balaban J connectivity index is 1.42. The first-order chi connectivity index (χ1) is 13.1. The third-order valence-electron chi connectivity index (χ3n) is 7.83. The van der Waals surface area contributed by atoms with Crippen molar-refractivity contribution in [3.05, 3.63) is 35.4 Å². The van der Waals surface area contributed by atoms with Crippen LogP contribution in [0.2, 0.25) is 0 Å². The van der Waals surface area contributed by atoms with E-state index in [1.807, 2.05) is 19.2 Å². The van der Waals surface area contributed by atoms with Gasteiger partial charge in [-0.25, -0.2) is 0 Å². The number of carbonyl (C=O) groups excluding carboxylic acids is 1. The third kappa shape index (κ3) is 2.59. The van der Waals surface area contributed by atoms with Crippen LogP contribution < -0.4 is 5.73 Å². The van der Waals surface area contributed by atoms with Crippen LogP contribution in [-0.2, 0) is 15.1 Å². The van der Waals surface area contributed by atoms with Crippen LogP contribution >= 0.6 is 0 Å². The molecule has 0 radical (unpaired) electrons. The van der Waals surface area contributed by atoms with E-state index in [2.05, 4.69) is 11.0 Å². The predicted octanol–water partition coefficient (Wildman–Crippen LogP) is 2.54. The second kappa shape index (κ2) is 6.29. The van der Waals surface area contributed by atoms with E-state index in [9.17, 15) is 4.79 Å². The zero-order valence-corrected chi connectivity index (χ0v) is 16.2. The Morgan fingerprint density at radius 3 is 2.48 bits per heavy atom. The van der Waals surface area contributed by atoms with Gasteiger partial charge in [0.15, 0.2) is 0 Å². The fourth-order valence-corrected chi connectivity index (χ4v) is 6.43. The molecule has 2 saturated carbocycles. The molecule has 1 spiro atoms. The zero-order valence-electron chi connectivity index (χ0n) is 16.2. The zero-order chi connectivity index (χ0) is 18.6. The first-order valence-electron chi connectivity index (χ1n) is 10.3. The fraction of sp³-hybridized carbons (Fsp3) is 0.682. The molecule has 4 aliphatic rings. The molecule has 2 bridgehead atoms. The monoisotopic (exact) mass is 370 g/mol. The van der Waals surface area contributed by atoms with Gasteiger partial charge >= 0.3 is 0 Å². The maximum absolute atomic E-state index is 11.7. The molecule has 1 amide bonds. The van der Waals surface area contributed by atoms with Crippen LogP contribution in [0, 0.1) is 17.3 Å². The molecule has 2 aliphatic heterocycles. The van der Waals surface area contributed by atoms with Gasteiger partial charge in [0.25, 0.3) is 0 Å². The Kier molecular flexibility index (Phi) is 4.12. The van der Waals surface area contributed by atoms with Gasteiger partial charge in [-0.15, -0.1) is 0 Å². The number of likely N-dealkylation sites (tertiary alicyclic amines) is 1. The summed E-state index contributed by atoms with van der Waals surface area (Å²) in [5, 5.41) is 0. The summed E-state index contributed by atoms with van der Waals surface area (Å²) in [6.45, 7) is 4.11. The van der Waals surface area contributed by atoms with E-state index in [-0.39, 0.29) is 11.5 Å². The molecular weight excluding hydrogens is 340 g/mol. The predicted molar refractivity (Wildman–Crippen MR) is 102 cm³/mol. The Morgan fingerprint density at radius 2 is 1.93 bits per heavy atom. The third-order valence-corrected chi connectivity index (χ3v) is 7.83. The maximum atomic E-state index is 11.7. The van der Waals surface area contributed by atoms with Crippen molar-refractivity contribution in [1.82, 2.24) is 4.90 Å². The number of amides is 1. The molecular formula is C22H30N2O3. The standard InChI is InChI=1S/C22H30N2O3/c1-26-22(16-5-2-4-15(8-16)20(23)25)17-6-3-7-18(22)12-24(11-17)19-9-21(10-19)13-27-14-21/h2,4-5,8,17-19H,3,6-7,9-14H2,1H3,(H2,23,25)/t17-,18+,22-. The van der Waals surface area contributed by atoms with E-state index in [1.54, 1.807) is 6.07 Å². The number of rotatable bonds is 4. The van der Waals surface area contributed by atoms with Crippen molar-refractivity contribution >= 4 is 5.91 Å². The number of hydrogen-bond acceptors (Lipinski definition) is 4. The van der Waals surface area contributed by atoms with Gasteiger partial charge in [-0.2, -0.15) is 0 Å². The number of fused-ring (bicyclic) bond motifs is 2. The van der Waals surface area contributed by atoms with Crippen molar-refractivity contribution in [2.75, 3.05) is 33.4 Å². The van der Waals surface area contributed by atoms with Crippen LogP contribution in [0.1, 0.15) is 48.0 Å². The van der Waals surface area contributed by atoms with E-state index < -0.39 is 0 Å². The molecule has 3 atom stereocenters. The maximum Gasteiger partial charge on any atom is 0.248 e. The van der Waals surface area contributed by atoms with Crippen molar-refractivity contribution in [2.45, 2.75) is 43.7 Å². The van der Waals surface area contributed by atoms with Crippen LogP contribution in [0.25, 0.3) is 0 Å². The normalized spacial score (nSPS) is 35.4. The largest absolute Gasteiger partial charge is 0.380 e. The van der Waals surface area contributed by atoms with Crippen molar-refractivity contribution in [3.63, 3.8) is 0 Å². The van der Waals surface area contributed by atoms with Crippen molar-refractivity contribution in [2.24, 2.45) is 23.0 Å². The smallest absolute Gasteiger partial charge is 0.248 e. The molecule has 146 valence electrons. The van der Waals surface area contributed by atoms with Crippen molar-refractivity contribution < 1.29 is 14.3 Å². The van der Waals surface area contributed by atoms with Crippen LogP contribution in [-0.4, -0.2) is 50.3 Å². The van der Waals surface area contributed by atoms with Gasteiger partial charge in [0.05, 0.1) is 13.2 Å². The molecule has 5 heteroatoms. The number of primary amides is 1. The topological polar surface area (TPSA) is 64.8 Å². The van der Waals surface area contributed by atoms with Gasteiger partial charge < -0.3 is 15.2 Å². The highest BCUT2D eigenvalue weighted by molar-refractivity contribution is 5.92. The highest BCUT2D eigenvalue weighted by Gasteiger charge is 2.57. The Bertz CT molecular complexity index is 723. The summed E-state index contributed by atoms with van der Waals surface area (Å²) >= 11 is 0. The molecule has 27 heavy (non-hydrogen) atoms. The molecule has 0 aromatic heterocycles. The summed E-state index contributed by atoms with van der Waals surface area (Å²) in [5.74, 6) is 0.563. The summed E-state index contributed by atoms with van der Waals surface area (Å²) in [5.41, 5.74) is 7.47. The molecule has 0 unspecified atom stereocenters. The van der Waals surface area contributed by atoms with Crippen LogP contribution in [0.3, 0.4) is 0 Å². The van der Waals surface area contributed by atoms with Crippen LogP contribution in [0.5, 0.6) is 0 Å². The van der Waals surface area contributed by atoms with Gasteiger partial charge in [-0.3, -0.25) is 9.69 Å². The molecule has 1 aromatic rings. The number of nitrogens with two attached hydrogens (primary N) is 1. The lowest BCUT2D eigenvalue weighted by Gasteiger charge is -2.61. The number of piperidine rings is 1. The lowest BCUT2D eigenvalue weighted by Crippen LogP contribution is -2.66. The number of ether oxygens (including phenoxy) is 2. The lowest BCUT2D eigenvalue weighted by molar-refractivity contribution is -0.215. The van der Waals surface area contributed by atoms with Gasteiger partial charge in [0.2, 0.25) is 5.91 Å². The Morgan fingerprint density at radius 1 is 1.22 bits per heavy atom. The molecule has 2 aliphatic carbocycles. The van der Waals surface area contributed by atoms with Gasteiger partial charge in [-0.05, 0) is 43.4 Å². The molecule has 2 saturated heterocycles. The minimum absolute atomic E-state index is 0.290. The number of carbonyl (C=O) groups is 1. The highest BCUT2D eigenvalue weighted by Crippen LogP contribution is 2.55. The Labute approximate surface area is 161 Å². The quantitative estimate of drug-likeness (QED) is 0.885. The summed E-state index contributed by atoms with van der Waals surface area (Å²) in [7, 11) is 1.85. The minimum atomic E-state index is -0.367. The number of methoxy groups -OCH3 is 1. The summed E-state index contributed by atoms with van der Waals surface area (Å²) in [4.78, 5) is 14.5. The average molecular weight is 370 g/mol. The SMILES string of the molecule is CO[C@]1(c2cccc(C(N)=O)c2)[C@@H]2CCC[C@H]1CN(C1CC3(COC3)C1)C2. The summed E-state index contributed by atoms with van der Waals surface area (Å²) < 4.78 is 11.8. The lowest BCUT2D eigenvalue weighted by atomic mass is 9.59. The molecule has 5 rings (SSSR count). The molecule has 2 heterocycles. The molecule has 2 N–H and O–H groups in total. The van der Waals surface area contributed by atoms with E-state index in [0.717, 1.165) is 31.9 Å². The average Bonchev–Trinajstić information content (AvgIpc) is 2.58. The van der Waals surface area contributed by atoms with E-state index in [0.29, 0.717) is 28.9 Å². The molecule has 1 aromatic carbocycles. The van der Waals surface area contributed by atoms with Crippen molar-refractivity contribution in [3.8, 4) is 0 Å². The second-order valence-corrected chi connectivity index (χ2v) is 9.28. The molecule has 5 nitrogen and oxygen atoms in total. The summed E-state index contributed by atoms with van der Waals surface area (Å²) in [6.07, 6.45) is 6.23. The number of benzene rings is 1. The van der Waals surface area contributed by atoms with Crippen LogP contribution in [0.4, 0.5) is 0 Å².